The molecule has 0 aromatic carbocycles. The number of nitrogens with zero attached hydrogens (tertiary/aromatic N) is 2. The molecule has 0 spiro atoms. The van der Waals surface area contributed by atoms with Crippen molar-refractivity contribution >= 4 is 38.8 Å². The molecule has 0 aliphatic carbocycles. The fourth-order valence-electron chi connectivity index (χ4n) is 2.62. The van der Waals surface area contributed by atoms with Gasteiger partial charge in [0.2, 0.25) is 5.91 Å². The summed E-state index contributed by atoms with van der Waals surface area (Å²) in [5.41, 5.74) is 0.935. The average Bonchev–Trinajstić information content (AvgIpc) is 3.24. The molecule has 1 amide bonds. The lowest BCUT2D eigenvalue weighted by molar-refractivity contribution is -0.131. The van der Waals surface area contributed by atoms with Crippen molar-refractivity contribution < 1.29 is 17.6 Å². The molecule has 1 aliphatic rings. The van der Waals surface area contributed by atoms with Crippen LogP contribution in [0.15, 0.2) is 32.5 Å². The zero-order valence-corrected chi connectivity index (χ0v) is 15.6. The highest BCUT2D eigenvalue weighted by Gasteiger charge is 2.35. The van der Waals surface area contributed by atoms with Crippen LogP contribution in [0.2, 0.25) is 0 Å². The van der Waals surface area contributed by atoms with E-state index in [0.29, 0.717) is 18.7 Å². The van der Waals surface area contributed by atoms with Gasteiger partial charge in [0.1, 0.15) is 5.76 Å². The SMILES string of the molecule is Cc1csc(SCC(=O)N(Cc2ccco2)C2CCS(=O)(=O)C2)n1. The van der Waals surface area contributed by atoms with E-state index in [1.165, 1.54) is 23.1 Å². The van der Waals surface area contributed by atoms with Gasteiger partial charge in [0.05, 0.1) is 30.1 Å². The Morgan fingerprint density at radius 1 is 1.54 bits per heavy atom. The van der Waals surface area contributed by atoms with Crippen molar-refractivity contribution in [3.63, 3.8) is 0 Å². The first-order valence-electron chi connectivity index (χ1n) is 7.50. The summed E-state index contributed by atoms with van der Waals surface area (Å²) in [7, 11) is -3.06. The van der Waals surface area contributed by atoms with Crippen molar-refractivity contribution in [3.8, 4) is 0 Å². The summed E-state index contributed by atoms with van der Waals surface area (Å²) in [6, 6.07) is 3.27. The molecule has 1 aliphatic heterocycles. The van der Waals surface area contributed by atoms with Gasteiger partial charge in [-0.2, -0.15) is 0 Å². The summed E-state index contributed by atoms with van der Waals surface area (Å²) in [6.45, 7) is 2.21. The number of aryl methyl sites for hydroxylation is 1. The number of carbonyl (C=O) groups excluding carboxylic acids is 1. The van der Waals surface area contributed by atoms with Crippen molar-refractivity contribution in [2.24, 2.45) is 0 Å². The molecule has 1 saturated heterocycles. The Bertz CT molecular complexity index is 799. The molecule has 3 heterocycles. The molecule has 9 heteroatoms. The molecule has 1 atom stereocenters. The first-order chi connectivity index (χ1) is 11.4. The summed E-state index contributed by atoms with van der Waals surface area (Å²) in [4.78, 5) is 18.7. The van der Waals surface area contributed by atoms with Gasteiger partial charge in [0.15, 0.2) is 14.2 Å². The predicted octanol–water partition coefficient (Wildman–Crippen LogP) is 2.35. The van der Waals surface area contributed by atoms with Crippen LogP contribution in [0, 0.1) is 6.92 Å². The topological polar surface area (TPSA) is 80.5 Å². The van der Waals surface area contributed by atoms with E-state index in [0.717, 1.165) is 10.0 Å². The molecule has 3 rings (SSSR count). The lowest BCUT2D eigenvalue weighted by Crippen LogP contribution is -2.41. The van der Waals surface area contributed by atoms with Crippen molar-refractivity contribution in [2.75, 3.05) is 17.3 Å². The minimum absolute atomic E-state index is 0.0282. The van der Waals surface area contributed by atoms with Crippen LogP contribution in [0.1, 0.15) is 17.9 Å². The lowest BCUT2D eigenvalue weighted by atomic mass is 10.2. The van der Waals surface area contributed by atoms with Gasteiger partial charge >= 0.3 is 0 Å². The Hall–Kier alpha value is -1.32. The quantitative estimate of drug-likeness (QED) is 0.709. The number of hydrogen-bond donors (Lipinski definition) is 0. The molecule has 1 unspecified atom stereocenters. The van der Waals surface area contributed by atoms with Gasteiger partial charge < -0.3 is 9.32 Å². The number of aromatic nitrogens is 1. The van der Waals surface area contributed by atoms with Crippen LogP contribution in [0.5, 0.6) is 0 Å². The normalized spacial score (nSPS) is 19.5. The Kier molecular flexibility index (Phi) is 5.31. The van der Waals surface area contributed by atoms with Crippen molar-refractivity contribution in [2.45, 2.75) is 30.3 Å². The van der Waals surface area contributed by atoms with Crippen molar-refractivity contribution in [1.82, 2.24) is 9.88 Å². The number of thiazole rings is 1. The Morgan fingerprint density at radius 2 is 2.38 bits per heavy atom. The van der Waals surface area contributed by atoms with Gasteiger partial charge in [0.25, 0.3) is 0 Å². The first-order valence-corrected chi connectivity index (χ1v) is 11.2. The summed E-state index contributed by atoms with van der Waals surface area (Å²) in [6.07, 6.45) is 2.03. The molecule has 0 bridgehead atoms. The first kappa shape index (κ1) is 17.5. The zero-order valence-electron chi connectivity index (χ0n) is 13.2. The maximum absolute atomic E-state index is 12.7. The molecular weight excluding hydrogens is 368 g/mol. The van der Waals surface area contributed by atoms with E-state index in [4.69, 9.17) is 4.42 Å². The number of furan rings is 1. The maximum Gasteiger partial charge on any atom is 0.233 e. The average molecular weight is 387 g/mol. The maximum atomic E-state index is 12.7. The van der Waals surface area contributed by atoms with Gasteiger partial charge in [-0.3, -0.25) is 4.79 Å². The third-order valence-corrected chi connectivity index (χ3v) is 7.67. The number of rotatable bonds is 6. The van der Waals surface area contributed by atoms with Crippen LogP contribution in [-0.2, 0) is 21.2 Å². The largest absolute Gasteiger partial charge is 0.467 e. The molecule has 24 heavy (non-hydrogen) atoms. The Labute approximate surface area is 149 Å². The second-order valence-electron chi connectivity index (χ2n) is 5.70. The van der Waals surface area contributed by atoms with Crippen LogP contribution in [0.4, 0.5) is 0 Å². The van der Waals surface area contributed by atoms with E-state index in [1.54, 1.807) is 23.3 Å². The predicted molar refractivity (Wildman–Crippen MR) is 93.9 cm³/mol. The van der Waals surface area contributed by atoms with Crippen LogP contribution in [-0.4, -0.2) is 47.5 Å². The number of thioether (sulfide) groups is 1. The standard InChI is InChI=1S/C15H18N2O4S3/c1-11-8-22-15(16-11)23-9-14(18)17(7-13-3-2-5-21-13)12-4-6-24(19,20)10-12/h2-3,5,8,12H,4,6-7,9-10H2,1H3. The Morgan fingerprint density at radius 3 is 2.96 bits per heavy atom. The molecular formula is C15H18N2O4S3. The molecule has 0 radical (unpaired) electrons. The van der Waals surface area contributed by atoms with E-state index in [9.17, 15) is 13.2 Å². The number of amides is 1. The fourth-order valence-corrected chi connectivity index (χ4v) is 6.08. The summed E-state index contributed by atoms with van der Waals surface area (Å²) < 4.78 is 29.7. The van der Waals surface area contributed by atoms with E-state index in [1.807, 2.05) is 12.3 Å². The Balaban J connectivity index is 1.69. The number of sulfone groups is 1. The molecule has 2 aromatic rings. The fraction of sp³-hybridized carbons (Fsp3) is 0.467. The zero-order chi connectivity index (χ0) is 17.2. The van der Waals surface area contributed by atoms with Crippen LogP contribution in [0.25, 0.3) is 0 Å². The van der Waals surface area contributed by atoms with Gasteiger partial charge in [-0.1, -0.05) is 11.8 Å². The molecule has 130 valence electrons. The van der Waals surface area contributed by atoms with Gasteiger partial charge in [-0.15, -0.1) is 11.3 Å². The van der Waals surface area contributed by atoms with Gasteiger partial charge in [-0.05, 0) is 25.5 Å². The summed E-state index contributed by atoms with van der Waals surface area (Å²) >= 11 is 2.89. The smallest absolute Gasteiger partial charge is 0.233 e. The van der Waals surface area contributed by atoms with Crippen molar-refractivity contribution in [1.29, 1.82) is 0 Å². The molecule has 1 fully saturated rings. The highest BCUT2D eigenvalue weighted by Crippen LogP contribution is 2.25. The van der Waals surface area contributed by atoms with E-state index >= 15 is 0 Å². The number of hydrogen-bond acceptors (Lipinski definition) is 7. The summed E-state index contributed by atoms with van der Waals surface area (Å²) in [5.74, 6) is 0.970. The monoisotopic (exact) mass is 386 g/mol. The highest BCUT2D eigenvalue weighted by molar-refractivity contribution is 8.01. The second-order valence-corrected chi connectivity index (χ2v) is 10.0. The van der Waals surface area contributed by atoms with E-state index in [2.05, 4.69) is 4.98 Å². The van der Waals surface area contributed by atoms with Gasteiger partial charge in [0, 0.05) is 17.1 Å². The molecule has 2 aromatic heterocycles. The lowest BCUT2D eigenvalue weighted by Gasteiger charge is -2.27. The van der Waals surface area contributed by atoms with Crippen molar-refractivity contribution in [3.05, 3.63) is 35.2 Å². The van der Waals surface area contributed by atoms with Crippen LogP contribution in [0.3, 0.4) is 0 Å². The van der Waals surface area contributed by atoms with E-state index < -0.39 is 9.84 Å². The summed E-state index contributed by atoms with van der Waals surface area (Å²) in [5, 5.41) is 1.94. The third-order valence-electron chi connectivity index (χ3n) is 3.79. The minimum atomic E-state index is -3.06. The van der Waals surface area contributed by atoms with E-state index in [-0.39, 0.29) is 29.2 Å². The molecule has 0 saturated carbocycles. The molecule has 6 nitrogen and oxygen atoms in total. The highest BCUT2D eigenvalue weighted by atomic mass is 32.2. The molecule has 0 N–H and O–H groups in total. The minimum Gasteiger partial charge on any atom is -0.467 e. The third kappa shape index (κ3) is 4.40. The van der Waals surface area contributed by atoms with Crippen LogP contribution < -0.4 is 0 Å². The second kappa shape index (κ2) is 7.28. The van der Waals surface area contributed by atoms with Crippen LogP contribution >= 0.6 is 23.1 Å². The number of carbonyl (C=O) groups is 1. The van der Waals surface area contributed by atoms with Gasteiger partial charge in [-0.25, -0.2) is 13.4 Å².